The van der Waals surface area contributed by atoms with Crippen molar-refractivity contribution in [2.75, 3.05) is 20.2 Å². The van der Waals surface area contributed by atoms with Crippen LogP contribution in [-0.2, 0) is 11.3 Å². The molecule has 1 aromatic carbocycles. The molecule has 3 heteroatoms. The topological polar surface area (TPSA) is 30.7 Å². The first-order valence-electron chi connectivity index (χ1n) is 6.30. The zero-order chi connectivity index (χ0) is 12.1. The number of esters is 1. The summed E-state index contributed by atoms with van der Waals surface area (Å²) in [6.45, 7) is 3.62. The third-order valence-electron chi connectivity index (χ3n) is 3.39. The average Bonchev–Trinajstić information content (AvgIpc) is 2.40. The quantitative estimate of drug-likeness (QED) is 0.792. The largest absolute Gasteiger partial charge is 0.465 e. The number of nitrogens with one attached hydrogen (secondary N) is 1. The van der Waals surface area contributed by atoms with Crippen LogP contribution in [0, 0.1) is 0 Å². The maximum atomic E-state index is 11.3. The Morgan fingerprint density at radius 3 is 2.41 bits per heavy atom. The molecule has 1 aliphatic heterocycles. The fraction of sp³-hybridized carbons (Fsp3) is 0.500. The van der Waals surface area contributed by atoms with Crippen molar-refractivity contribution < 1.29 is 14.4 Å². The summed E-state index contributed by atoms with van der Waals surface area (Å²) in [5, 5.41) is 0. The normalized spacial score (nSPS) is 16.8. The van der Waals surface area contributed by atoms with Crippen molar-refractivity contribution in [1.29, 1.82) is 0 Å². The summed E-state index contributed by atoms with van der Waals surface area (Å²) in [5.41, 5.74) is 1.93. The number of likely N-dealkylation sites (tertiary alicyclic amines) is 1. The molecular formula is C14H20NO2+. The van der Waals surface area contributed by atoms with Crippen LogP contribution in [0.25, 0.3) is 0 Å². The van der Waals surface area contributed by atoms with E-state index in [-0.39, 0.29) is 5.97 Å². The van der Waals surface area contributed by atoms with E-state index >= 15 is 0 Å². The smallest absolute Gasteiger partial charge is 0.337 e. The molecule has 0 unspecified atom stereocenters. The molecule has 1 fully saturated rings. The lowest BCUT2D eigenvalue weighted by molar-refractivity contribution is -0.918. The van der Waals surface area contributed by atoms with Crippen molar-refractivity contribution in [3.63, 3.8) is 0 Å². The molecule has 0 bridgehead atoms. The summed E-state index contributed by atoms with van der Waals surface area (Å²) in [7, 11) is 1.41. The van der Waals surface area contributed by atoms with Gasteiger partial charge in [0.25, 0.3) is 0 Å². The molecule has 1 saturated heterocycles. The van der Waals surface area contributed by atoms with E-state index in [1.54, 1.807) is 4.90 Å². The molecule has 1 aromatic rings. The molecular weight excluding hydrogens is 214 g/mol. The Balaban J connectivity index is 1.95. The van der Waals surface area contributed by atoms with Gasteiger partial charge in [0.05, 0.1) is 25.8 Å². The first-order chi connectivity index (χ1) is 8.29. The fourth-order valence-corrected chi connectivity index (χ4v) is 2.39. The summed E-state index contributed by atoms with van der Waals surface area (Å²) >= 11 is 0. The number of methoxy groups -OCH3 is 1. The van der Waals surface area contributed by atoms with Crippen LogP contribution < -0.4 is 4.90 Å². The highest BCUT2D eigenvalue weighted by Crippen LogP contribution is 2.05. The third-order valence-corrected chi connectivity index (χ3v) is 3.39. The predicted molar refractivity (Wildman–Crippen MR) is 66.0 cm³/mol. The average molecular weight is 234 g/mol. The van der Waals surface area contributed by atoms with Crippen molar-refractivity contribution in [3.05, 3.63) is 35.4 Å². The van der Waals surface area contributed by atoms with Crippen LogP contribution in [0.3, 0.4) is 0 Å². The standard InChI is InChI=1S/C14H19NO2/c1-17-14(16)13-7-5-12(6-8-13)11-15-9-3-2-4-10-15/h5-8H,2-4,9-11H2,1H3/p+1. The molecule has 0 aliphatic carbocycles. The Labute approximate surface area is 102 Å². The minimum Gasteiger partial charge on any atom is -0.465 e. The second-order valence-electron chi connectivity index (χ2n) is 4.68. The van der Waals surface area contributed by atoms with Crippen LogP contribution in [0.4, 0.5) is 0 Å². The molecule has 0 radical (unpaired) electrons. The number of ether oxygens (including phenoxy) is 1. The number of quaternary nitrogens is 1. The van der Waals surface area contributed by atoms with Crippen LogP contribution in [0.2, 0.25) is 0 Å². The van der Waals surface area contributed by atoms with Gasteiger partial charge in [0.2, 0.25) is 0 Å². The van der Waals surface area contributed by atoms with Gasteiger partial charge in [-0.15, -0.1) is 0 Å². The van der Waals surface area contributed by atoms with Crippen LogP contribution in [0.5, 0.6) is 0 Å². The number of benzene rings is 1. The van der Waals surface area contributed by atoms with Crippen LogP contribution >= 0.6 is 0 Å². The first kappa shape index (κ1) is 12.1. The van der Waals surface area contributed by atoms with Crippen molar-refractivity contribution >= 4 is 5.97 Å². The summed E-state index contributed by atoms with van der Waals surface area (Å²) < 4.78 is 4.68. The first-order valence-corrected chi connectivity index (χ1v) is 6.30. The Hall–Kier alpha value is -1.35. The Kier molecular flexibility index (Phi) is 4.15. The van der Waals surface area contributed by atoms with Gasteiger partial charge in [-0.2, -0.15) is 0 Å². The van der Waals surface area contributed by atoms with E-state index in [0.717, 1.165) is 6.54 Å². The zero-order valence-corrected chi connectivity index (χ0v) is 10.4. The van der Waals surface area contributed by atoms with Crippen molar-refractivity contribution in [2.45, 2.75) is 25.8 Å². The van der Waals surface area contributed by atoms with Crippen LogP contribution in [0.15, 0.2) is 24.3 Å². The van der Waals surface area contributed by atoms with Gasteiger partial charge in [0.1, 0.15) is 6.54 Å². The maximum Gasteiger partial charge on any atom is 0.337 e. The molecule has 2 rings (SSSR count). The van der Waals surface area contributed by atoms with E-state index in [1.165, 1.54) is 45.0 Å². The van der Waals surface area contributed by atoms with E-state index in [2.05, 4.69) is 4.74 Å². The number of hydrogen-bond donors (Lipinski definition) is 1. The van der Waals surface area contributed by atoms with Crippen molar-refractivity contribution in [2.24, 2.45) is 0 Å². The third kappa shape index (κ3) is 3.30. The fourth-order valence-electron chi connectivity index (χ4n) is 2.39. The van der Waals surface area contributed by atoms with Gasteiger partial charge < -0.3 is 9.64 Å². The SMILES string of the molecule is COC(=O)c1ccc(C[NH+]2CCCCC2)cc1. The molecule has 17 heavy (non-hydrogen) atoms. The van der Waals surface area contributed by atoms with Crippen molar-refractivity contribution in [1.82, 2.24) is 0 Å². The van der Waals surface area contributed by atoms with Crippen molar-refractivity contribution in [3.8, 4) is 0 Å². The minimum absolute atomic E-state index is 0.262. The second-order valence-corrected chi connectivity index (χ2v) is 4.68. The van der Waals surface area contributed by atoms with Gasteiger partial charge in [-0.05, 0) is 31.4 Å². The summed E-state index contributed by atoms with van der Waals surface area (Å²) in [6.07, 6.45) is 4.07. The lowest BCUT2D eigenvalue weighted by Gasteiger charge is -2.23. The van der Waals surface area contributed by atoms with E-state index in [4.69, 9.17) is 0 Å². The lowest BCUT2D eigenvalue weighted by Crippen LogP contribution is -3.11. The minimum atomic E-state index is -0.262. The van der Waals surface area contributed by atoms with E-state index < -0.39 is 0 Å². The molecule has 0 saturated carbocycles. The Bertz CT molecular complexity index is 366. The maximum absolute atomic E-state index is 11.3. The molecule has 1 aliphatic rings. The van der Waals surface area contributed by atoms with Gasteiger partial charge in [-0.1, -0.05) is 12.1 Å². The number of piperidine rings is 1. The molecule has 0 aromatic heterocycles. The summed E-state index contributed by atoms with van der Waals surface area (Å²) in [4.78, 5) is 12.9. The van der Waals surface area contributed by atoms with Crippen LogP contribution in [-0.4, -0.2) is 26.2 Å². The highest BCUT2D eigenvalue weighted by Gasteiger charge is 2.14. The molecule has 1 heterocycles. The molecule has 0 amide bonds. The lowest BCUT2D eigenvalue weighted by atomic mass is 10.1. The van der Waals surface area contributed by atoms with Gasteiger partial charge in [-0.3, -0.25) is 0 Å². The molecule has 92 valence electrons. The Morgan fingerprint density at radius 1 is 1.18 bits per heavy atom. The highest BCUT2D eigenvalue weighted by atomic mass is 16.5. The number of hydrogen-bond acceptors (Lipinski definition) is 2. The molecule has 0 spiro atoms. The summed E-state index contributed by atoms with van der Waals surface area (Å²) in [6, 6.07) is 7.77. The number of carbonyl (C=O) groups excluding carboxylic acids is 1. The predicted octanol–water partition coefficient (Wildman–Crippen LogP) is 1.04. The second kappa shape index (κ2) is 5.82. The van der Waals surface area contributed by atoms with Gasteiger partial charge in [0, 0.05) is 5.56 Å². The van der Waals surface area contributed by atoms with Gasteiger partial charge in [0.15, 0.2) is 0 Å². The monoisotopic (exact) mass is 234 g/mol. The highest BCUT2D eigenvalue weighted by molar-refractivity contribution is 5.89. The van der Waals surface area contributed by atoms with Gasteiger partial charge >= 0.3 is 5.97 Å². The zero-order valence-electron chi connectivity index (χ0n) is 10.4. The Morgan fingerprint density at radius 2 is 1.82 bits per heavy atom. The van der Waals surface area contributed by atoms with Gasteiger partial charge in [-0.25, -0.2) is 4.79 Å². The van der Waals surface area contributed by atoms with E-state index in [0.29, 0.717) is 5.56 Å². The van der Waals surface area contributed by atoms with Crippen LogP contribution in [0.1, 0.15) is 35.2 Å². The molecule has 1 N–H and O–H groups in total. The molecule has 3 nitrogen and oxygen atoms in total. The number of carbonyl (C=O) groups is 1. The van der Waals surface area contributed by atoms with E-state index in [1.807, 2.05) is 24.3 Å². The number of rotatable bonds is 3. The molecule has 0 atom stereocenters. The summed E-state index contributed by atoms with van der Waals surface area (Å²) in [5.74, 6) is -0.262. The van der Waals surface area contributed by atoms with E-state index in [9.17, 15) is 4.79 Å².